The third kappa shape index (κ3) is 3.72. The number of benzene rings is 1. The molecule has 35 heavy (non-hydrogen) atoms. The summed E-state index contributed by atoms with van der Waals surface area (Å²) in [6.07, 6.45) is 8.35. The normalized spacial score (nSPS) is 35.4. The Kier molecular flexibility index (Phi) is 5.61. The number of anilines is 1. The number of imide groups is 1. The number of rotatable bonds is 5. The smallest absolute Gasteiger partial charge is 0.233 e. The molecule has 0 unspecified atom stereocenters. The number of aromatic nitrogens is 1. The van der Waals surface area contributed by atoms with Gasteiger partial charge in [0.05, 0.1) is 16.5 Å². The van der Waals surface area contributed by atoms with E-state index in [0.29, 0.717) is 30.2 Å². The van der Waals surface area contributed by atoms with Crippen molar-refractivity contribution in [3.63, 3.8) is 0 Å². The first kappa shape index (κ1) is 22.2. The van der Waals surface area contributed by atoms with Gasteiger partial charge in [-0.2, -0.15) is 4.37 Å². The Morgan fingerprint density at radius 3 is 2.20 bits per heavy atom. The summed E-state index contributed by atoms with van der Waals surface area (Å²) in [7, 11) is 0. The number of likely N-dealkylation sites (tertiary alicyclic amines) is 1. The summed E-state index contributed by atoms with van der Waals surface area (Å²) in [5.74, 6) is 3.59. The Labute approximate surface area is 211 Å². The largest absolute Gasteiger partial charge is 0.353 e. The van der Waals surface area contributed by atoms with Gasteiger partial charge in [0.25, 0.3) is 0 Å². The molecule has 3 heterocycles. The van der Waals surface area contributed by atoms with Crippen molar-refractivity contribution in [2.75, 3.05) is 44.2 Å². The Bertz CT molecular complexity index is 1100. The van der Waals surface area contributed by atoms with Crippen molar-refractivity contribution in [1.82, 2.24) is 14.2 Å². The second kappa shape index (κ2) is 8.84. The summed E-state index contributed by atoms with van der Waals surface area (Å²) in [5.41, 5.74) is 0. The molecule has 2 aromatic rings. The van der Waals surface area contributed by atoms with E-state index in [1.807, 2.05) is 0 Å². The fourth-order valence-corrected chi connectivity index (χ4v) is 9.02. The minimum absolute atomic E-state index is 0.0261. The zero-order valence-electron chi connectivity index (χ0n) is 20.5. The molecule has 3 aliphatic carbocycles. The van der Waals surface area contributed by atoms with Crippen molar-refractivity contribution in [2.24, 2.45) is 35.5 Å². The third-order valence-corrected chi connectivity index (χ3v) is 10.8. The monoisotopic (exact) mass is 492 g/mol. The summed E-state index contributed by atoms with van der Waals surface area (Å²) in [5, 5.41) is 1.27. The van der Waals surface area contributed by atoms with Gasteiger partial charge in [-0.15, -0.1) is 0 Å². The SMILES string of the molecule is O=C1[C@H]2[C@H]3CC[C@@H](C3)[C@@H]2C(=O)N1C[C@H]1CCCC[C@@H]1CN1CCN(c2nsc3ccccc23)CC1. The second-order valence-corrected chi connectivity index (χ2v) is 12.6. The van der Waals surface area contributed by atoms with Gasteiger partial charge in [-0.3, -0.25) is 19.4 Å². The number of amides is 2. The fraction of sp³-hybridized carbons (Fsp3) is 0.679. The third-order valence-electron chi connectivity index (χ3n) is 10.0. The predicted octanol–water partition coefficient (Wildman–Crippen LogP) is 4.26. The maximum atomic E-state index is 13.3. The van der Waals surface area contributed by atoms with Crippen LogP contribution in [-0.2, 0) is 9.59 Å². The number of hydrogen-bond acceptors (Lipinski definition) is 6. The lowest BCUT2D eigenvalue weighted by Crippen LogP contribution is -2.49. The lowest BCUT2D eigenvalue weighted by molar-refractivity contribution is -0.142. The Hall–Kier alpha value is -1.99. The van der Waals surface area contributed by atoms with E-state index < -0.39 is 0 Å². The maximum Gasteiger partial charge on any atom is 0.233 e. The highest BCUT2D eigenvalue weighted by molar-refractivity contribution is 7.13. The van der Waals surface area contributed by atoms with Crippen molar-refractivity contribution in [2.45, 2.75) is 44.9 Å². The standard InChI is InChI=1S/C28H36N4O2S/c33-27-24-18-9-10-19(15-18)25(24)28(34)32(27)17-21-6-2-1-5-20(21)16-30-11-13-31(14-12-30)26-22-7-3-4-8-23(22)35-29-26/h3-4,7-8,18-21,24-25H,1-2,5-6,9-17H2/t18-,19-,20+,21+,24-,25-/m0/s1. The molecule has 6 atom stereocenters. The molecule has 6 nitrogen and oxygen atoms in total. The predicted molar refractivity (Wildman–Crippen MR) is 138 cm³/mol. The summed E-state index contributed by atoms with van der Waals surface area (Å²) >= 11 is 1.60. The van der Waals surface area contributed by atoms with Crippen LogP contribution in [0.3, 0.4) is 0 Å². The van der Waals surface area contributed by atoms with Crippen molar-refractivity contribution >= 4 is 39.3 Å². The molecule has 2 bridgehead atoms. The molecular formula is C28H36N4O2S. The molecule has 5 aliphatic rings. The first-order valence-electron chi connectivity index (χ1n) is 13.8. The molecule has 2 aliphatic heterocycles. The minimum atomic E-state index is 0.0261. The summed E-state index contributed by atoms with van der Waals surface area (Å²) < 4.78 is 6.02. The van der Waals surface area contributed by atoms with Gasteiger partial charge < -0.3 is 4.90 Å². The van der Waals surface area contributed by atoms with Crippen LogP contribution in [0.15, 0.2) is 24.3 Å². The summed E-state index contributed by atoms with van der Waals surface area (Å²) in [4.78, 5) is 33.4. The summed E-state index contributed by atoms with van der Waals surface area (Å²) in [6, 6.07) is 8.54. The number of hydrogen-bond donors (Lipinski definition) is 0. The highest BCUT2D eigenvalue weighted by Crippen LogP contribution is 2.56. The number of piperazine rings is 1. The van der Waals surface area contributed by atoms with Crippen LogP contribution in [0.1, 0.15) is 44.9 Å². The van der Waals surface area contributed by atoms with Gasteiger partial charge in [0.2, 0.25) is 11.8 Å². The fourth-order valence-electron chi connectivity index (χ4n) is 8.22. The quantitative estimate of drug-likeness (QED) is 0.584. The molecule has 7 rings (SSSR count). The molecule has 3 saturated carbocycles. The van der Waals surface area contributed by atoms with E-state index in [9.17, 15) is 9.59 Å². The van der Waals surface area contributed by atoms with Crippen molar-refractivity contribution in [3.8, 4) is 0 Å². The van der Waals surface area contributed by atoms with Gasteiger partial charge in [0.15, 0.2) is 0 Å². The molecular weight excluding hydrogens is 456 g/mol. The van der Waals surface area contributed by atoms with E-state index in [1.54, 1.807) is 16.4 Å². The van der Waals surface area contributed by atoms with Crippen LogP contribution in [0, 0.1) is 35.5 Å². The van der Waals surface area contributed by atoms with E-state index in [-0.39, 0.29) is 23.7 Å². The first-order chi connectivity index (χ1) is 17.2. The molecule has 0 spiro atoms. The van der Waals surface area contributed by atoms with E-state index in [1.165, 1.54) is 29.3 Å². The zero-order valence-corrected chi connectivity index (χ0v) is 21.3. The van der Waals surface area contributed by atoms with Crippen LogP contribution >= 0.6 is 11.5 Å². The topological polar surface area (TPSA) is 56.8 Å². The van der Waals surface area contributed by atoms with Gasteiger partial charge >= 0.3 is 0 Å². The van der Waals surface area contributed by atoms with E-state index in [0.717, 1.165) is 64.2 Å². The summed E-state index contributed by atoms with van der Waals surface area (Å²) in [6.45, 7) is 5.93. The Balaban J connectivity index is 0.986. The lowest BCUT2D eigenvalue weighted by atomic mass is 9.78. The zero-order chi connectivity index (χ0) is 23.5. The molecule has 5 fully saturated rings. The van der Waals surface area contributed by atoms with Crippen LogP contribution in [0.2, 0.25) is 0 Å². The lowest BCUT2D eigenvalue weighted by Gasteiger charge is -2.40. The van der Waals surface area contributed by atoms with Gasteiger partial charge in [0.1, 0.15) is 5.82 Å². The van der Waals surface area contributed by atoms with Crippen LogP contribution in [0.5, 0.6) is 0 Å². The molecule has 0 N–H and O–H groups in total. The van der Waals surface area contributed by atoms with Crippen LogP contribution in [-0.4, -0.2) is 65.3 Å². The van der Waals surface area contributed by atoms with Crippen LogP contribution < -0.4 is 4.90 Å². The van der Waals surface area contributed by atoms with Crippen molar-refractivity contribution in [1.29, 1.82) is 0 Å². The number of carbonyl (C=O) groups is 2. The molecule has 7 heteroatoms. The molecule has 1 aromatic carbocycles. The number of carbonyl (C=O) groups excluding carboxylic acids is 2. The molecule has 2 amide bonds. The van der Waals surface area contributed by atoms with E-state index >= 15 is 0 Å². The average molecular weight is 493 g/mol. The van der Waals surface area contributed by atoms with Crippen molar-refractivity contribution in [3.05, 3.63) is 24.3 Å². The van der Waals surface area contributed by atoms with Gasteiger partial charge in [-0.05, 0) is 79.4 Å². The second-order valence-electron chi connectivity index (χ2n) is 11.8. The van der Waals surface area contributed by atoms with E-state index in [2.05, 4.69) is 34.1 Å². The highest BCUT2D eigenvalue weighted by Gasteiger charge is 2.61. The van der Waals surface area contributed by atoms with Gasteiger partial charge in [-0.25, -0.2) is 0 Å². The minimum Gasteiger partial charge on any atom is -0.353 e. The average Bonchev–Trinajstić information content (AvgIpc) is 3.66. The van der Waals surface area contributed by atoms with Gasteiger partial charge in [0, 0.05) is 44.7 Å². The van der Waals surface area contributed by atoms with Gasteiger partial charge in [-0.1, -0.05) is 25.0 Å². The highest BCUT2D eigenvalue weighted by atomic mass is 32.1. The molecule has 1 aromatic heterocycles. The van der Waals surface area contributed by atoms with Crippen molar-refractivity contribution < 1.29 is 9.59 Å². The number of fused-ring (bicyclic) bond motifs is 6. The first-order valence-corrected chi connectivity index (χ1v) is 14.6. The molecule has 2 saturated heterocycles. The maximum absolute atomic E-state index is 13.3. The van der Waals surface area contributed by atoms with Crippen LogP contribution in [0.25, 0.3) is 10.1 Å². The molecule has 186 valence electrons. The van der Waals surface area contributed by atoms with Crippen LogP contribution in [0.4, 0.5) is 5.82 Å². The van der Waals surface area contributed by atoms with E-state index in [4.69, 9.17) is 4.37 Å². The Morgan fingerprint density at radius 2 is 1.49 bits per heavy atom. The number of nitrogens with zero attached hydrogens (tertiary/aromatic N) is 4. The Morgan fingerprint density at radius 1 is 0.829 bits per heavy atom. The molecule has 0 radical (unpaired) electrons.